The van der Waals surface area contributed by atoms with Gasteiger partial charge in [-0.15, -0.1) is 0 Å². The Kier molecular flexibility index (Phi) is 10.1. The maximum absolute atomic E-state index is 13.0. The van der Waals surface area contributed by atoms with E-state index in [1.54, 1.807) is 17.6 Å². The van der Waals surface area contributed by atoms with Crippen LogP contribution < -0.4 is 14.9 Å². The highest BCUT2D eigenvalue weighted by Crippen LogP contribution is 2.20. The van der Waals surface area contributed by atoms with Crippen LogP contribution in [0.15, 0.2) is 59.5 Å². The number of nitrogens with zero attached hydrogens (tertiary/aromatic N) is 3. The third-order valence-corrected chi connectivity index (χ3v) is 8.87. The molecule has 2 aromatic rings. The van der Waals surface area contributed by atoms with E-state index >= 15 is 0 Å². The number of hydrogen-bond donors (Lipinski definition) is 3. The van der Waals surface area contributed by atoms with Crippen LogP contribution in [0, 0.1) is 5.92 Å². The first-order chi connectivity index (χ1) is 18.3. The SMILES string of the molecule is CN1CCC(COc2ccc(S(=O)(=O)NC[C@@H](C(=O)NO)N3CCN(Cc4ccccc4)CC3)cc2)CC1. The zero-order chi connectivity index (χ0) is 27.0. The Balaban J connectivity index is 1.28. The van der Waals surface area contributed by atoms with E-state index in [1.807, 2.05) is 23.1 Å². The molecule has 11 heteroatoms. The number of ether oxygens (including phenoxy) is 1. The van der Waals surface area contributed by atoms with Crippen molar-refractivity contribution in [3.8, 4) is 5.75 Å². The minimum Gasteiger partial charge on any atom is -0.493 e. The Labute approximate surface area is 225 Å². The first-order valence-corrected chi connectivity index (χ1v) is 14.7. The van der Waals surface area contributed by atoms with Crippen LogP contribution in [0.1, 0.15) is 18.4 Å². The highest BCUT2D eigenvalue weighted by Gasteiger charge is 2.30. The molecule has 1 amide bonds. The van der Waals surface area contributed by atoms with Gasteiger partial charge in [-0.3, -0.25) is 19.8 Å². The number of piperidine rings is 1. The molecule has 2 fully saturated rings. The van der Waals surface area contributed by atoms with E-state index in [0.717, 1.165) is 45.6 Å². The molecule has 0 spiro atoms. The molecule has 0 aliphatic carbocycles. The summed E-state index contributed by atoms with van der Waals surface area (Å²) < 4.78 is 34.3. The summed E-state index contributed by atoms with van der Waals surface area (Å²) >= 11 is 0. The van der Waals surface area contributed by atoms with Crippen molar-refractivity contribution in [3.63, 3.8) is 0 Å². The second-order valence-corrected chi connectivity index (χ2v) is 11.9. The minimum atomic E-state index is -3.86. The molecule has 2 aromatic carbocycles. The van der Waals surface area contributed by atoms with Crippen LogP contribution >= 0.6 is 0 Å². The molecule has 2 aliphatic heterocycles. The number of benzene rings is 2. The number of carbonyl (C=O) groups is 1. The van der Waals surface area contributed by atoms with Gasteiger partial charge in [-0.1, -0.05) is 30.3 Å². The molecule has 208 valence electrons. The second-order valence-electron chi connectivity index (χ2n) is 10.2. The number of likely N-dealkylation sites (tertiary alicyclic amines) is 1. The smallest absolute Gasteiger partial charge is 0.262 e. The molecule has 2 saturated heterocycles. The molecule has 10 nitrogen and oxygen atoms in total. The number of rotatable bonds is 11. The first-order valence-electron chi connectivity index (χ1n) is 13.2. The van der Waals surface area contributed by atoms with Crippen LogP contribution in [-0.2, 0) is 21.4 Å². The minimum absolute atomic E-state index is 0.0972. The number of hydrogen-bond acceptors (Lipinski definition) is 8. The summed E-state index contributed by atoms with van der Waals surface area (Å²) in [5.74, 6) is 0.502. The largest absolute Gasteiger partial charge is 0.493 e. The zero-order valence-electron chi connectivity index (χ0n) is 22.0. The van der Waals surface area contributed by atoms with Crippen LogP contribution in [0.5, 0.6) is 5.75 Å². The summed E-state index contributed by atoms with van der Waals surface area (Å²) in [7, 11) is -1.73. The van der Waals surface area contributed by atoms with Gasteiger partial charge in [0, 0.05) is 39.3 Å². The molecule has 0 unspecified atom stereocenters. The Hall–Kier alpha value is -2.54. The Morgan fingerprint density at radius 1 is 1.00 bits per heavy atom. The van der Waals surface area contributed by atoms with Crippen molar-refractivity contribution < 1.29 is 23.2 Å². The lowest BCUT2D eigenvalue weighted by molar-refractivity contribution is -0.135. The number of carbonyl (C=O) groups excluding carboxylic acids is 1. The molecule has 38 heavy (non-hydrogen) atoms. The van der Waals surface area contributed by atoms with Gasteiger partial charge in [0.2, 0.25) is 10.0 Å². The van der Waals surface area contributed by atoms with Crippen LogP contribution in [0.2, 0.25) is 0 Å². The van der Waals surface area contributed by atoms with Crippen molar-refractivity contribution in [1.29, 1.82) is 0 Å². The van der Waals surface area contributed by atoms with Gasteiger partial charge in [-0.2, -0.15) is 0 Å². The van der Waals surface area contributed by atoms with Gasteiger partial charge in [0.05, 0.1) is 11.5 Å². The van der Waals surface area contributed by atoms with Crippen molar-refractivity contribution in [2.45, 2.75) is 30.3 Å². The Morgan fingerprint density at radius 3 is 2.29 bits per heavy atom. The van der Waals surface area contributed by atoms with E-state index in [9.17, 15) is 18.4 Å². The molecular weight excluding hydrogens is 506 g/mol. The third kappa shape index (κ3) is 7.98. The lowest BCUT2D eigenvalue weighted by Crippen LogP contribution is -2.57. The molecular formula is C27H39N5O5S. The lowest BCUT2D eigenvalue weighted by Gasteiger charge is -2.38. The van der Waals surface area contributed by atoms with Crippen LogP contribution in [-0.4, -0.2) is 99.7 Å². The molecule has 0 saturated carbocycles. The standard InChI is InChI=1S/C27H39N5O5S/c1-30-13-11-23(12-14-30)21-37-24-7-9-25(10-8-24)38(35,36)28-19-26(27(33)29-34)32-17-15-31(16-18-32)20-22-5-3-2-4-6-22/h2-10,23,26,28,34H,11-21H2,1H3,(H,29,33)/t26-/m0/s1. The Morgan fingerprint density at radius 2 is 1.66 bits per heavy atom. The predicted molar refractivity (Wildman–Crippen MR) is 144 cm³/mol. The quantitative estimate of drug-likeness (QED) is 0.287. The van der Waals surface area contributed by atoms with Gasteiger partial charge in [0.1, 0.15) is 11.8 Å². The highest BCUT2D eigenvalue weighted by molar-refractivity contribution is 7.89. The lowest BCUT2D eigenvalue weighted by atomic mass is 9.98. The van der Waals surface area contributed by atoms with Gasteiger partial charge in [0.25, 0.3) is 5.91 Å². The van der Waals surface area contributed by atoms with Gasteiger partial charge in [-0.05, 0) is 68.7 Å². The fraction of sp³-hybridized carbons (Fsp3) is 0.519. The van der Waals surface area contributed by atoms with Crippen molar-refractivity contribution in [3.05, 3.63) is 60.2 Å². The van der Waals surface area contributed by atoms with E-state index in [-0.39, 0.29) is 11.4 Å². The molecule has 0 bridgehead atoms. The summed E-state index contributed by atoms with van der Waals surface area (Å²) in [4.78, 5) is 19.0. The first kappa shape index (κ1) is 28.5. The van der Waals surface area contributed by atoms with Crippen LogP contribution in [0.4, 0.5) is 0 Å². The Bertz CT molecular complexity index is 1120. The van der Waals surface area contributed by atoms with Crippen molar-refractivity contribution in [2.75, 3.05) is 59.5 Å². The highest BCUT2D eigenvalue weighted by atomic mass is 32.2. The van der Waals surface area contributed by atoms with Crippen LogP contribution in [0.25, 0.3) is 0 Å². The third-order valence-electron chi connectivity index (χ3n) is 7.43. The molecule has 1 atom stereocenters. The summed E-state index contributed by atoms with van der Waals surface area (Å²) in [5.41, 5.74) is 2.91. The van der Waals surface area contributed by atoms with E-state index in [0.29, 0.717) is 31.4 Å². The average molecular weight is 546 g/mol. The topological polar surface area (TPSA) is 114 Å². The van der Waals surface area contributed by atoms with E-state index in [1.165, 1.54) is 17.7 Å². The van der Waals surface area contributed by atoms with Crippen LogP contribution in [0.3, 0.4) is 0 Å². The fourth-order valence-electron chi connectivity index (χ4n) is 4.97. The number of nitrogens with one attached hydrogen (secondary N) is 2. The number of piperazine rings is 1. The number of sulfonamides is 1. The molecule has 2 aliphatic rings. The van der Waals surface area contributed by atoms with E-state index in [2.05, 4.69) is 33.7 Å². The molecule has 4 rings (SSSR count). The summed E-state index contributed by atoms with van der Waals surface area (Å²) in [6.07, 6.45) is 2.19. The predicted octanol–water partition coefficient (Wildman–Crippen LogP) is 1.38. The fourth-order valence-corrected chi connectivity index (χ4v) is 6.01. The van der Waals surface area contributed by atoms with Gasteiger partial charge in [0.15, 0.2) is 0 Å². The molecule has 3 N–H and O–H groups in total. The molecule has 0 radical (unpaired) electrons. The average Bonchev–Trinajstić information content (AvgIpc) is 2.94. The number of hydroxylamine groups is 1. The number of amides is 1. The summed E-state index contributed by atoms with van der Waals surface area (Å²) in [6.45, 7) is 6.04. The van der Waals surface area contributed by atoms with E-state index in [4.69, 9.17) is 4.74 Å². The monoisotopic (exact) mass is 545 g/mol. The molecule has 0 aromatic heterocycles. The van der Waals surface area contributed by atoms with E-state index < -0.39 is 22.0 Å². The maximum Gasteiger partial charge on any atom is 0.262 e. The summed E-state index contributed by atoms with van der Waals surface area (Å²) in [5, 5.41) is 9.29. The summed E-state index contributed by atoms with van der Waals surface area (Å²) in [6, 6.07) is 15.7. The second kappa shape index (κ2) is 13.5. The van der Waals surface area contributed by atoms with Crippen molar-refractivity contribution >= 4 is 15.9 Å². The van der Waals surface area contributed by atoms with Gasteiger partial charge < -0.3 is 9.64 Å². The van der Waals surface area contributed by atoms with Gasteiger partial charge in [-0.25, -0.2) is 18.6 Å². The zero-order valence-corrected chi connectivity index (χ0v) is 22.8. The normalized spacial score (nSPS) is 19.2. The van der Waals surface area contributed by atoms with Crippen molar-refractivity contribution in [1.82, 2.24) is 24.9 Å². The maximum atomic E-state index is 13.0. The van der Waals surface area contributed by atoms with Crippen molar-refractivity contribution in [2.24, 2.45) is 5.92 Å². The van der Waals surface area contributed by atoms with Gasteiger partial charge >= 0.3 is 0 Å². The molecule has 2 heterocycles.